The van der Waals surface area contributed by atoms with Crippen molar-refractivity contribution in [1.29, 1.82) is 0 Å². The molecule has 1 aliphatic carbocycles. The molecule has 3 N–H and O–H groups in total. The number of guanidine groups is 1. The first-order chi connectivity index (χ1) is 14.1. The summed E-state index contributed by atoms with van der Waals surface area (Å²) in [7, 11) is -0.734. The Morgan fingerprint density at radius 3 is 2.76 bits per heavy atom. The van der Waals surface area contributed by atoms with Gasteiger partial charge in [0.05, 0.1) is 6.54 Å². The van der Waals surface area contributed by atoms with Crippen LogP contribution >= 0.6 is 0 Å². The van der Waals surface area contributed by atoms with Gasteiger partial charge in [0, 0.05) is 46.5 Å². The first-order valence-electron chi connectivity index (χ1n) is 10.9. The number of rotatable bonds is 9. The number of carbonyl (C=O) groups is 1. The Labute approximate surface area is 177 Å². The van der Waals surface area contributed by atoms with Gasteiger partial charge in [-0.15, -0.1) is 0 Å². The van der Waals surface area contributed by atoms with Crippen molar-refractivity contribution < 1.29 is 9.00 Å². The van der Waals surface area contributed by atoms with E-state index in [1.807, 2.05) is 45.0 Å². The lowest BCUT2D eigenvalue weighted by Crippen LogP contribution is -2.46. The van der Waals surface area contributed by atoms with Gasteiger partial charge in [-0.25, -0.2) is 4.99 Å². The van der Waals surface area contributed by atoms with Crippen molar-refractivity contribution in [3.05, 3.63) is 35.4 Å². The van der Waals surface area contributed by atoms with Crippen molar-refractivity contribution in [3.63, 3.8) is 0 Å². The van der Waals surface area contributed by atoms with Crippen LogP contribution in [0, 0.1) is 0 Å². The van der Waals surface area contributed by atoms with Crippen LogP contribution in [0.2, 0.25) is 0 Å². The second-order valence-electron chi connectivity index (χ2n) is 7.45. The van der Waals surface area contributed by atoms with Gasteiger partial charge in [0.25, 0.3) is 5.91 Å². The number of nitrogens with one attached hydrogen (secondary N) is 3. The zero-order valence-electron chi connectivity index (χ0n) is 18.0. The highest BCUT2D eigenvalue weighted by atomic mass is 32.2. The normalized spacial score (nSPS) is 20.7. The molecule has 0 heterocycles. The number of hydrogen-bond donors (Lipinski definition) is 3. The molecule has 0 aliphatic heterocycles. The highest BCUT2D eigenvalue weighted by Gasteiger charge is 2.26. The second kappa shape index (κ2) is 12.6. The third-order valence-electron chi connectivity index (χ3n) is 5.11. The predicted octanol–water partition coefficient (Wildman–Crippen LogP) is 2.96. The topological polar surface area (TPSA) is 82.6 Å². The molecule has 1 fully saturated rings. The van der Waals surface area contributed by atoms with Crippen molar-refractivity contribution >= 4 is 22.7 Å². The summed E-state index contributed by atoms with van der Waals surface area (Å²) in [6, 6.07) is 7.92. The van der Waals surface area contributed by atoms with Crippen LogP contribution in [0.15, 0.2) is 29.3 Å². The van der Waals surface area contributed by atoms with Crippen LogP contribution < -0.4 is 16.0 Å². The van der Waals surface area contributed by atoms with Crippen LogP contribution in [0.25, 0.3) is 0 Å². The van der Waals surface area contributed by atoms with Crippen molar-refractivity contribution in [3.8, 4) is 0 Å². The molecule has 1 saturated carbocycles. The molecule has 0 saturated heterocycles. The molecule has 1 aromatic rings. The van der Waals surface area contributed by atoms with Crippen LogP contribution in [0.1, 0.15) is 68.8 Å². The predicted molar refractivity (Wildman–Crippen MR) is 122 cm³/mol. The van der Waals surface area contributed by atoms with Gasteiger partial charge in [-0.2, -0.15) is 0 Å². The quantitative estimate of drug-likeness (QED) is 0.424. The lowest BCUT2D eigenvalue weighted by Gasteiger charge is -2.30. The fourth-order valence-corrected chi connectivity index (χ4v) is 4.93. The average Bonchev–Trinajstić information content (AvgIpc) is 2.75. The highest BCUT2D eigenvalue weighted by molar-refractivity contribution is 7.85. The van der Waals surface area contributed by atoms with Crippen molar-refractivity contribution in [1.82, 2.24) is 16.0 Å². The number of hydrogen-bond acceptors (Lipinski definition) is 3. The molecule has 0 radical (unpaired) electrons. The van der Waals surface area contributed by atoms with Gasteiger partial charge < -0.3 is 16.0 Å². The van der Waals surface area contributed by atoms with E-state index in [1.54, 1.807) is 0 Å². The lowest BCUT2D eigenvalue weighted by atomic mass is 9.95. The molecule has 162 valence electrons. The molecular formula is C22H36N4O2S. The Hall–Kier alpha value is -1.89. The Morgan fingerprint density at radius 1 is 1.21 bits per heavy atom. The van der Waals surface area contributed by atoms with Gasteiger partial charge in [0.15, 0.2) is 5.96 Å². The standard InChI is InChI=1S/C22H36N4O2S/c1-4-13-24-21(27)18-10-7-9-17(14-18)16-25-22(23-5-2)26-19-11-8-12-20(15-19)29(28)6-3/h7,9-10,14,19-20H,4-6,8,11-13,15-16H2,1-3H3,(H,24,27)(H2,23,25,26). The number of amides is 1. The number of aliphatic imine (C=N–C) groups is 1. The highest BCUT2D eigenvalue weighted by Crippen LogP contribution is 2.23. The fraction of sp³-hybridized carbons (Fsp3) is 0.636. The first-order valence-corrected chi connectivity index (χ1v) is 12.2. The van der Waals surface area contributed by atoms with E-state index in [9.17, 15) is 9.00 Å². The molecule has 29 heavy (non-hydrogen) atoms. The third-order valence-corrected chi connectivity index (χ3v) is 6.85. The minimum atomic E-state index is -0.734. The van der Waals surface area contributed by atoms with Crippen molar-refractivity contribution in [2.75, 3.05) is 18.8 Å². The van der Waals surface area contributed by atoms with Crippen molar-refractivity contribution in [2.24, 2.45) is 4.99 Å². The molecule has 0 spiro atoms. The fourth-order valence-electron chi connectivity index (χ4n) is 3.59. The van der Waals surface area contributed by atoms with Crippen LogP contribution in [0.4, 0.5) is 0 Å². The minimum Gasteiger partial charge on any atom is -0.357 e. The van der Waals surface area contributed by atoms with Gasteiger partial charge in [0.1, 0.15) is 0 Å². The molecule has 6 nitrogen and oxygen atoms in total. The summed E-state index contributed by atoms with van der Waals surface area (Å²) < 4.78 is 12.2. The molecule has 3 unspecified atom stereocenters. The number of carbonyl (C=O) groups excluding carboxylic acids is 1. The van der Waals surface area contributed by atoms with Gasteiger partial charge in [0.2, 0.25) is 0 Å². The summed E-state index contributed by atoms with van der Waals surface area (Å²) in [5.74, 6) is 1.47. The minimum absolute atomic E-state index is 0.0418. The lowest BCUT2D eigenvalue weighted by molar-refractivity contribution is 0.0953. The molecule has 0 bridgehead atoms. The maximum atomic E-state index is 12.2. The Balaban J connectivity index is 2.00. The summed E-state index contributed by atoms with van der Waals surface area (Å²) >= 11 is 0. The molecule has 3 atom stereocenters. The van der Waals surface area contributed by atoms with Gasteiger partial charge in [-0.3, -0.25) is 9.00 Å². The summed E-state index contributed by atoms with van der Waals surface area (Å²) in [5.41, 5.74) is 1.67. The smallest absolute Gasteiger partial charge is 0.251 e. The molecule has 2 rings (SSSR count). The summed E-state index contributed by atoms with van der Waals surface area (Å²) in [6.07, 6.45) is 5.08. The Morgan fingerprint density at radius 2 is 2.03 bits per heavy atom. The zero-order valence-corrected chi connectivity index (χ0v) is 18.8. The summed E-state index contributed by atoms with van der Waals surface area (Å²) in [5, 5.41) is 10.0. The molecule has 1 aliphatic rings. The van der Waals surface area contributed by atoms with E-state index in [0.29, 0.717) is 24.7 Å². The average molecular weight is 421 g/mol. The zero-order chi connectivity index (χ0) is 21.1. The molecule has 7 heteroatoms. The Kier molecular flexibility index (Phi) is 10.2. The van der Waals surface area contributed by atoms with E-state index >= 15 is 0 Å². The molecular weight excluding hydrogens is 384 g/mol. The monoisotopic (exact) mass is 420 g/mol. The van der Waals surface area contributed by atoms with Crippen LogP contribution in [0.3, 0.4) is 0 Å². The SMILES string of the molecule is CCCNC(=O)c1cccc(CN=C(NCC)NC2CCCC(S(=O)CC)C2)c1. The maximum Gasteiger partial charge on any atom is 0.251 e. The van der Waals surface area contributed by atoms with E-state index in [1.165, 1.54) is 0 Å². The van der Waals surface area contributed by atoms with Crippen molar-refractivity contribution in [2.45, 2.75) is 70.7 Å². The third kappa shape index (κ3) is 7.80. The molecule has 0 aromatic heterocycles. The molecule has 1 aromatic carbocycles. The van der Waals surface area contributed by atoms with Crippen LogP contribution in [-0.2, 0) is 17.3 Å². The maximum absolute atomic E-state index is 12.2. The van der Waals surface area contributed by atoms with Crippen LogP contribution in [-0.4, -0.2) is 46.2 Å². The molecule has 1 amide bonds. The summed E-state index contributed by atoms with van der Waals surface area (Å²) in [6.45, 7) is 8.04. The van der Waals surface area contributed by atoms with E-state index in [0.717, 1.165) is 55.9 Å². The summed E-state index contributed by atoms with van der Waals surface area (Å²) in [4.78, 5) is 16.9. The number of benzene rings is 1. The van der Waals surface area contributed by atoms with Crippen LogP contribution in [0.5, 0.6) is 0 Å². The number of nitrogens with zero attached hydrogens (tertiary/aromatic N) is 1. The van der Waals surface area contributed by atoms with E-state index in [4.69, 9.17) is 4.99 Å². The Bertz CT molecular complexity index is 708. The largest absolute Gasteiger partial charge is 0.357 e. The second-order valence-corrected chi connectivity index (χ2v) is 9.46. The van der Waals surface area contributed by atoms with Gasteiger partial charge in [-0.05, 0) is 50.3 Å². The van der Waals surface area contributed by atoms with E-state index in [2.05, 4.69) is 16.0 Å². The van der Waals surface area contributed by atoms with Gasteiger partial charge in [-0.1, -0.05) is 32.4 Å². The van der Waals surface area contributed by atoms with E-state index < -0.39 is 10.8 Å². The van der Waals surface area contributed by atoms with Gasteiger partial charge >= 0.3 is 0 Å². The van der Waals surface area contributed by atoms with E-state index in [-0.39, 0.29) is 11.2 Å². The first kappa shape index (κ1) is 23.4.